The van der Waals surface area contributed by atoms with Gasteiger partial charge in [-0.05, 0) is 60.5 Å². The van der Waals surface area contributed by atoms with Crippen molar-refractivity contribution in [2.24, 2.45) is 0 Å². The predicted octanol–water partition coefficient (Wildman–Crippen LogP) is 6.13. The molecular weight excluding hydrogens is 434 g/mol. The standard InChI is InChI=1S/C27H25NO4S/c1-18-7-9-20(10-8-18)17-32-23-12-11-21(14-24(23)31-3)15-25-26(29)28(27(30)33-25)16-22-6-4-5-19(2)13-22/h4-15H,16-17H2,1-3H3/b25-15+. The summed E-state index contributed by atoms with van der Waals surface area (Å²) in [4.78, 5) is 27.0. The van der Waals surface area contributed by atoms with E-state index in [4.69, 9.17) is 9.47 Å². The number of amides is 2. The van der Waals surface area contributed by atoms with Gasteiger partial charge in [0.05, 0.1) is 18.6 Å². The van der Waals surface area contributed by atoms with E-state index >= 15 is 0 Å². The Balaban J connectivity index is 1.48. The minimum atomic E-state index is -0.287. The summed E-state index contributed by atoms with van der Waals surface area (Å²) in [7, 11) is 1.58. The second-order valence-electron chi connectivity index (χ2n) is 7.94. The summed E-state index contributed by atoms with van der Waals surface area (Å²) in [5.41, 5.74) is 5.04. The first-order valence-electron chi connectivity index (χ1n) is 10.6. The quantitative estimate of drug-likeness (QED) is 0.398. The molecule has 0 aliphatic carbocycles. The minimum absolute atomic E-state index is 0.263. The van der Waals surface area contributed by atoms with Crippen LogP contribution in [0, 0.1) is 13.8 Å². The molecule has 0 unspecified atom stereocenters. The Labute approximate surface area is 198 Å². The van der Waals surface area contributed by atoms with Crippen LogP contribution in [0.15, 0.2) is 71.6 Å². The number of rotatable bonds is 7. The summed E-state index contributed by atoms with van der Waals surface area (Å²) in [6.07, 6.45) is 1.72. The van der Waals surface area contributed by atoms with Crippen LogP contribution in [0.25, 0.3) is 6.08 Å². The molecular formula is C27H25NO4S. The average Bonchev–Trinajstić information content (AvgIpc) is 3.06. The van der Waals surface area contributed by atoms with E-state index < -0.39 is 0 Å². The van der Waals surface area contributed by atoms with E-state index in [-0.39, 0.29) is 17.7 Å². The van der Waals surface area contributed by atoms with Crippen molar-refractivity contribution >= 4 is 29.0 Å². The lowest BCUT2D eigenvalue weighted by Gasteiger charge is -2.13. The van der Waals surface area contributed by atoms with Gasteiger partial charge in [-0.2, -0.15) is 0 Å². The number of aryl methyl sites for hydroxylation is 2. The van der Waals surface area contributed by atoms with Gasteiger partial charge in [-0.15, -0.1) is 0 Å². The average molecular weight is 460 g/mol. The van der Waals surface area contributed by atoms with Gasteiger partial charge in [-0.1, -0.05) is 65.7 Å². The van der Waals surface area contributed by atoms with Gasteiger partial charge < -0.3 is 9.47 Å². The maximum atomic E-state index is 12.9. The van der Waals surface area contributed by atoms with Gasteiger partial charge in [0.1, 0.15) is 6.61 Å². The first-order chi connectivity index (χ1) is 15.9. The molecule has 2 amide bonds. The maximum Gasteiger partial charge on any atom is 0.293 e. The molecule has 1 heterocycles. The fourth-order valence-corrected chi connectivity index (χ4v) is 4.36. The van der Waals surface area contributed by atoms with Crippen molar-refractivity contribution in [3.8, 4) is 11.5 Å². The number of hydrogen-bond acceptors (Lipinski definition) is 5. The maximum absolute atomic E-state index is 12.9. The van der Waals surface area contributed by atoms with E-state index in [1.807, 2.05) is 74.5 Å². The molecule has 168 valence electrons. The second-order valence-corrected chi connectivity index (χ2v) is 8.93. The molecule has 3 aromatic carbocycles. The van der Waals surface area contributed by atoms with Crippen molar-refractivity contribution in [2.75, 3.05) is 7.11 Å². The zero-order valence-corrected chi connectivity index (χ0v) is 19.6. The lowest BCUT2D eigenvalue weighted by atomic mass is 10.1. The third kappa shape index (κ3) is 5.46. The normalized spacial score (nSPS) is 14.8. The van der Waals surface area contributed by atoms with Crippen LogP contribution in [0.2, 0.25) is 0 Å². The zero-order chi connectivity index (χ0) is 23.4. The number of ether oxygens (including phenoxy) is 2. The number of thioether (sulfide) groups is 1. The van der Waals surface area contributed by atoms with Crippen molar-refractivity contribution in [2.45, 2.75) is 27.0 Å². The molecule has 5 nitrogen and oxygen atoms in total. The number of carbonyl (C=O) groups is 2. The molecule has 1 fully saturated rings. The summed E-state index contributed by atoms with van der Waals surface area (Å²) >= 11 is 0.953. The van der Waals surface area contributed by atoms with Gasteiger partial charge in [0, 0.05) is 0 Å². The highest BCUT2D eigenvalue weighted by atomic mass is 32.2. The number of carbonyl (C=O) groups excluding carboxylic acids is 2. The van der Waals surface area contributed by atoms with Crippen LogP contribution in [0.5, 0.6) is 11.5 Å². The second kappa shape index (κ2) is 9.96. The molecule has 1 aliphatic rings. The van der Waals surface area contributed by atoms with E-state index in [2.05, 4.69) is 0 Å². The minimum Gasteiger partial charge on any atom is -0.493 e. The summed E-state index contributed by atoms with van der Waals surface area (Å²) < 4.78 is 11.4. The Kier molecular flexibility index (Phi) is 6.84. The lowest BCUT2D eigenvalue weighted by Crippen LogP contribution is -2.27. The largest absolute Gasteiger partial charge is 0.493 e. The Morgan fingerprint density at radius 3 is 2.39 bits per heavy atom. The van der Waals surface area contributed by atoms with Crippen molar-refractivity contribution in [1.82, 2.24) is 4.90 Å². The molecule has 33 heavy (non-hydrogen) atoms. The number of nitrogens with zero attached hydrogens (tertiary/aromatic N) is 1. The van der Waals surface area contributed by atoms with Gasteiger partial charge in [-0.25, -0.2) is 0 Å². The lowest BCUT2D eigenvalue weighted by molar-refractivity contribution is -0.123. The van der Waals surface area contributed by atoms with Crippen LogP contribution in [0.1, 0.15) is 27.8 Å². The Hall–Kier alpha value is -3.51. The molecule has 0 N–H and O–H groups in total. The smallest absolute Gasteiger partial charge is 0.293 e. The fraction of sp³-hybridized carbons (Fsp3) is 0.185. The topological polar surface area (TPSA) is 55.8 Å². The van der Waals surface area contributed by atoms with Gasteiger partial charge in [0.15, 0.2) is 11.5 Å². The van der Waals surface area contributed by atoms with Crippen molar-refractivity contribution in [3.63, 3.8) is 0 Å². The SMILES string of the molecule is COc1cc(/C=C2/SC(=O)N(Cc3cccc(C)c3)C2=O)ccc1OCc1ccc(C)cc1. The summed E-state index contributed by atoms with van der Waals surface area (Å²) in [5, 5.41) is -0.266. The van der Waals surface area contributed by atoms with Crippen molar-refractivity contribution in [3.05, 3.63) is 99.5 Å². The van der Waals surface area contributed by atoms with Crippen LogP contribution in [0.4, 0.5) is 4.79 Å². The molecule has 6 heteroatoms. The Morgan fingerprint density at radius 2 is 1.67 bits per heavy atom. The Morgan fingerprint density at radius 1 is 0.879 bits per heavy atom. The van der Waals surface area contributed by atoms with Crippen LogP contribution >= 0.6 is 11.8 Å². The molecule has 4 rings (SSSR count). The molecule has 0 radical (unpaired) electrons. The highest BCUT2D eigenvalue weighted by Crippen LogP contribution is 2.35. The third-order valence-electron chi connectivity index (χ3n) is 5.30. The van der Waals surface area contributed by atoms with Gasteiger partial charge >= 0.3 is 0 Å². The third-order valence-corrected chi connectivity index (χ3v) is 6.20. The summed E-state index contributed by atoms with van der Waals surface area (Å²) in [6.45, 7) is 4.72. The van der Waals surface area contributed by atoms with Crippen molar-refractivity contribution in [1.29, 1.82) is 0 Å². The van der Waals surface area contributed by atoms with E-state index in [1.54, 1.807) is 19.3 Å². The van der Waals surface area contributed by atoms with Gasteiger partial charge in [-0.3, -0.25) is 14.5 Å². The van der Waals surface area contributed by atoms with E-state index in [0.29, 0.717) is 23.0 Å². The molecule has 0 bridgehead atoms. The van der Waals surface area contributed by atoms with Crippen LogP contribution in [0.3, 0.4) is 0 Å². The summed E-state index contributed by atoms with van der Waals surface area (Å²) in [6, 6.07) is 21.4. The number of imide groups is 1. The van der Waals surface area contributed by atoms with Gasteiger partial charge in [0.25, 0.3) is 11.1 Å². The highest BCUT2D eigenvalue weighted by Gasteiger charge is 2.35. The van der Waals surface area contributed by atoms with Gasteiger partial charge in [0.2, 0.25) is 0 Å². The first-order valence-corrected chi connectivity index (χ1v) is 11.4. The monoisotopic (exact) mass is 459 g/mol. The van der Waals surface area contributed by atoms with Crippen LogP contribution in [-0.2, 0) is 17.9 Å². The fourth-order valence-electron chi connectivity index (χ4n) is 3.52. The highest BCUT2D eigenvalue weighted by molar-refractivity contribution is 8.18. The predicted molar refractivity (Wildman–Crippen MR) is 131 cm³/mol. The number of hydrogen-bond donors (Lipinski definition) is 0. The molecule has 3 aromatic rings. The first kappa shape index (κ1) is 22.7. The van der Waals surface area contributed by atoms with E-state index in [1.165, 1.54) is 10.5 Å². The molecule has 1 aliphatic heterocycles. The molecule has 1 saturated heterocycles. The Bertz CT molecular complexity index is 1220. The molecule has 0 atom stereocenters. The van der Waals surface area contributed by atoms with E-state index in [9.17, 15) is 9.59 Å². The van der Waals surface area contributed by atoms with Crippen LogP contribution < -0.4 is 9.47 Å². The molecule has 0 aromatic heterocycles. The molecule has 0 spiro atoms. The number of methoxy groups -OCH3 is 1. The summed E-state index contributed by atoms with van der Waals surface area (Å²) in [5.74, 6) is 0.891. The van der Waals surface area contributed by atoms with Crippen molar-refractivity contribution < 1.29 is 19.1 Å². The van der Waals surface area contributed by atoms with Crippen LogP contribution in [-0.4, -0.2) is 23.2 Å². The van der Waals surface area contributed by atoms with E-state index in [0.717, 1.165) is 34.0 Å². The number of benzene rings is 3. The zero-order valence-electron chi connectivity index (χ0n) is 18.8. The molecule has 0 saturated carbocycles.